The second-order valence-corrected chi connectivity index (χ2v) is 5.97. The monoisotopic (exact) mass is 255 g/mol. The predicted octanol–water partition coefficient (Wildman–Crippen LogP) is 0.397. The van der Waals surface area contributed by atoms with Crippen LogP contribution in [0.1, 0.15) is 12.8 Å². The molecule has 0 aromatic heterocycles. The van der Waals surface area contributed by atoms with E-state index >= 15 is 0 Å². The van der Waals surface area contributed by atoms with Gasteiger partial charge in [-0.15, -0.1) is 11.6 Å². The Hall–Kier alpha value is -0.330. The van der Waals surface area contributed by atoms with Crippen LogP contribution in [0.5, 0.6) is 0 Å². The summed E-state index contributed by atoms with van der Waals surface area (Å²) in [4.78, 5) is 11.2. The van der Waals surface area contributed by atoms with Gasteiger partial charge in [0.15, 0.2) is 0 Å². The van der Waals surface area contributed by atoms with E-state index in [0.717, 1.165) is 0 Å². The predicted molar refractivity (Wildman–Crippen MR) is 56.0 cm³/mol. The van der Waals surface area contributed by atoms with Crippen LogP contribution in [0.25, 0.3) is 0 Å². The Morgan fingerprint density at radius 2 is 2.00 bits per heavy atom. The summed E-state index contributed by atoms with van der Waals surface area (Å²) in [6.07, 6.45) is 1.01. The molecule has 1 aliphatic rings. The average molecular weight is 256 g/mol. The van der Waals surface area contributed by atoms with Crippen LogP contribution >= 0.6 is 11.6 Å². The minimum atomic E-state index is -3.33. The first-order valence-corrected chi connectivity index (χ1v) is 6.77. The molecule has 0 saturated carbocycles. The van der Waals surface area contributed by atoms with Gasteiger partial charge in [0.1, 0.15) is 5.21 Å². The van der Waals surface area contributed by atoms with Gasteiger partial charge in [-0.1, -0.05) is 0 Å². The first-order chi connectivity index (χ1) is 7.01. The van der Waals surface area contributed by atoms with Crippen molar-refractivity contribution in [3.8, 4) is 0 Å². The molecule has 0 amide bonds. The Balaban J connectivity index is 2.53. The first kappa shape index (κ1) is 12.7. The molecule has 0 aromatic rings. The summed E-state index contributed by atoms with van der Waals surface area (Å²) < 4.78 is 28.7. The molecule has 1 rings (SSSR count). The number of ether oxygens (including phenoxy) is 1. The molecule has 5 nitrogen and oxygen atoms in total. The van der Waals surface area contributed by atoms with Crippen LogP contribution < -0.4 is 0 Å². The van der Waals surface area contributed by atoms with E-state index in [1.54, 1.807) is 0 Å². The second kappa shape index (κ2) is 5.14. The highest BCUT2D eigenvalue weighted by molar-refractivity contribution is 7.90. The highest BCUT2D eigenvalue weighted by Gasteiger charge is 2.30. The lowest BCUT2D eigenvalue weighted by Gasteiger charge is -2.29. The molecular formula is C8H14ClNO4S. The summed E-state index contributed by atoms with van der Waals surface area (Å²) in [5, 5.41) is -0.407. The molecule has 0 aromatic carbocycles. The number of hydrogen-bond donors (Lipinski definition) is 0. The van der Waals surface area contributed by atoms with Crippen molar-refractivity contribution in [1.82, 2.24) is 4.31 Å². The van der Waals surface area contributed by atoms with Gasteiger partial charge in [-0.05, 0) is 12.8 Å². The average Bonchev–Trinajstić information content (AvgIpc) is 2.28. The molecule has 0 bridgehead atoms. The molecule has 1 aliphatic heterocycles. The summed E-state index contributed by atoms with van der Waals surface area (Å²) in [5.41, 5.74) is 0. The first-order valence-electron chi connectivity index (χ1n) is 4.63. The van der Waals surface area contributed by atoms with E-state index in [-0.39, 0.29) is 11.9 Å². The van der Waals surface area contributed by atoms with Crippen LogP contribution in [0.4, 0.5) is 0 Å². The Morgan fingerprint density at radius 1 is 1.47 bits per heavy atom. The molecule has 0 aliphatic carbocycles. The molecule has 1 heterocycles. The minimum absolute atomic E-state index is 0.184. The van der Waals surface area contributed by atoms with Gasteiger partial charge < -0.3 is 4.74 Å². The largest absolute Gasteiger partial charge is 0.469 e. The lowest BCUT2D eigenvalue weighted by atomic mass is 9.99. The maximum Gasteiger partial charge on any atom is 0.308 e. The molecule has 0 radical (unpaired) electrons. The fourth-order valence-corrected chi connectivity index (χ4v) is 2.92. The van der Waals surface area contributed by atoms with Gasteiger partial charge in [-0.3, -0.25) is 4.79 Å². The van der Waals surface area contributed by atoms with Gasteiger partial charge in [0, 0.05) is 13.1 Å². The number of halogens is 1. The van der Waals surface area contributed by atoms with Crippen molar-refractivity contribution in [2.75, 3.05) is 25.4 Å². The summed E-state index contributed by atoms with van der Waals surface area (Å²) in [7, 11) is -1.99. The fraction of sp³-hybridized carbons (Fsp3) is 0.875. The fourth-order valence-electron chi connectivity index (χ4n) is 1.61. The topological polar surface area (TPSA) is 63.7 Å². The lowest BCUT2D eigenvalue weighted by molar-refractivity contribution is -0.146. The van der Waals surface area contributed by atoms with E-state index in [1.807, 2.05) is 0 Å². The molecule has 0 N–H and O–H groups in total. The smallest absolute Gasteiger partial charge is 0.308 e. The highest BCUT2D eigenvalue weighted by atomic mass is 35.5. The molecule has 0 unspecified atom stereocenters. The SMILES string of the molecule is COC(=O)C1CCN(S(=O)(=O)CCl)CC1. The van der Waals surface area contributed by atoms with Gasteiger partial charge in [0.05, 0.1) is 13.0 Å². The number of sulfonamides is 1. The van der Waals surface area contributed by atoms with Crippen molar-refractivity contribution in [3.63, 3.8) is 0 Å². The maximum atomic E-state index is 11.4. The zero-order chi connectivity index (χ0) is 11.5. The van der Waals surface area contributed by atoms with Crippen LogP contribution in [0.3, 0.4) is 0 Å². The number of rotatable bonds is 3. The standard InChI is InChI=1S/C8H14ClNO4S/c1-14-8(11)7-2-4-10(5-3-7)15(12,13)6-9/h7H,2-6H2,1H3. The molecular weight excluding hydrogens is 242 g/mol. The van der Waals surface area contributed by atoms with Crippen molar-refractivity contribution in [1.29, 1.82) is 0 Å². The molecule has 0 spiro atoms. The third-order valence-electron chi connectivity index (χ3n) is 2.52. The molecule has 1 saturated heterocycles. The maximum absolute atomic E-state index is 11.4. The molecule has 15 heavy (non-hydrogen) atoms. The second-order valence-electron chi connectivity index (χ2n) is 3.42. The number of methoxy groups -OCH3 is 1. The minimum Gasteiger partial charge on any atom is -0.469 e. The molecule has 0 atom stereocenters. The van der Waals surface area contributed by atoms with E-state index in [1.165, 1.54) is 11.4 Å². The molecule has 1 fully saturated rings. The van der Waals surface area contributed by atoms with E-state index < -0.39 is 15.2 Å². The number of nitrogens with zero attached hydrogens (tertiary/aromatic N) is 1. The number of piperidine rings is 1. The Bertz CT molecular complexity index is 322. The Kier molecular flexibility index (Phi) is 4.36. The number of alkyl halides is 1. The summed E-state index contributed by atoms with van der Waals surface area (Å²) >= 11 is 5.33. The van der Waals surface area contributed by atoms with Crippen LogP contribution in [-0.2, 0) is 19.6 Å². The van der Waals surface area contributed by atoms with E-state index in [4.69, 9.17) is 11.6 Å². The summed E-state index contributed by atoms with van der Waals surface area (Å²) in [5.74, 6) is -0.449. The number of hydrogen-bond acceptors (Lipinski definition) is 4. The van der Waals surface area contributed by atoms with Gasteiger partial charge in [-0.25, -0.2) is 12.7 Å². The molecule has 7 heteroatoms. The van der Waals surface area contributed by atoms with Crippen LogP contribution in [0.2, 0.25) is 0 Å². The zero-order valence-electron chi connectivity index (χ0n) is 8.48. The normalized spacial score (nSPS) is 20.1. The van der Waals surface area contributed by atoms with Gasteiger partial charge in [0.2, 0.25) is 10.0 Å². The van der Waals surface area contributed by atoms with E-state index in [0.29, 0.717) is 25.9 Å². The third-order valence-corrected chi connectivity index (χ3v) is 4.77. The zero-order valence-corrected chi connectivity index (χ0v) is 10.1. The highest BCUT2D eigenvalue weighted by Crippen LogP contribution is 2.21. The number of carbonyl (C=O) groups excluding carboxylic acids is 1. The summed E-state index contributed by atoms with van der Waals surface area (Å²) in [6, 6.07) is 0. The van der Waals surface area contributed by atoms with Crippen LogP contribution in [-0.4, -0.2) is 44.1 Å². The lowest BCUT2D eigenvalue weighted by Crippen LogP contribution is -2.40. The van der Waals surface area contributed by atoms with Crippen molar-refractivity contribution in [2.24, 2.45) is 5.92 Å². The van der Waals surface area contributed by atoms with Crippen LogP contribution in [0.15, 0.2) is 0 Å². The summed E-state index contributed by atoms with van der Waals surface area (Å²) in [6.45, 7) is 0.684. The number of esters is 1. The van der Waals surface area contributed by atoms with Crippen molar-refractivity contribution < 1.29 is 17.9 Å². The van der Waals surface area contributed by atoms with E-state index in [9.17, 15) is 13.2 Å². The van der Waals surface area contributed by atoms with Crippen LogP contribution in [0, 0.1) is 5.92 Å². The number of carbonyl (C=O) groups is 1. The van der Waals surface area contributed by atoms with Crippen molar-refractivity contribution in [2.45, 2.75) is 12.8 Å². The third kappa shape index (κ3) is 3.06. The Morgan fingerprint density at radius 3 is 2.40 bits per heavy atom. The van der Waals surface area contributed by atoms with E-state index in [2.05, 4.69) is 4.74 Å². The Labute approximate surface area is 94.4 Å². The van der Waals surface area contributed by atoms with Gasteiger partial charge >= 0.3 is 5.97 Å². The quantitative estimate of drug-likeness (QED) is 0.541. The van der Waals surface area contributed by atoms with Gasteiger partial charge in [0.25, 0.3) is 0 Å². The molecule has 88 valence electrons. The van der Waals surface area contributed by atoms with Gasteiger partial charge in [-0.2, -0.15) is 0 Å². The van der Waals surface area contributed by atoms with Crippen molar-refractivity contribution in [3.05, 3.63) is 0 Å². The van der Waals surface area contributed by atoms with Crippen molar-refractivity contribution >= 4 is 27.6 Å².